The lowest BCUT2D eigenvalue weighted by atomic mass is 9.94. The largest absolute Gasteiger partial charge is 0.340 e. The summed E-state index contributed by atoms with van der Waals surface area (Å²) in [6, 6.07) is 11.3. The van der Waals surface area contributed by atoms with Gasteiger partial charge in [-0.25, -0.2) is 0 Å². The van der Waals surface area contributed by atoms with Gasteiger partial charge in [-0.15, -0.1) is 0 Å². The number of hydrogen-bond donors (Lipinski definition) is 0. The van der Waals surface area contributed by atoms with Gasteiger partial charge in [0.15, 0.2) is 0 Å². The maximum atomic E-state index is 12.9. The van der Waals surface area contributed by atoms with Gasteiger partial charge in [-0.1, -0.05) is 24.3 Å². The molecule has 1 saturated heterocycles. The van der Waals surface area contributed by atoms with E-state index in [1.807, 2.05) is 29.2 Å². The summed E-state index contributed by atoms with van der Waals surface area (Å²) >= 11 is 0. The maximum absolute atomic E-state index is 12.9. The molecule has 2 aliphatic rings. The molecule has 1 atom stereocenters. The molecule has 0 N–H and O–H groups in total. The van der Waals surface area contributed by atoms with Crippen LogP contribution in [-0.2, 0) is 4.79 Å². The third-order valence-electron chi connectivity index (χ3n) is 5.75. The van der Waals surface area contributed by atoms with Gasteiger partial charge in [0.25, 0.3) is 11.8 Å². The molecule has 2 aromatic carbocycles. The van der Waals surface area contributed by atoms with Gasteiger partial charge >= 0.3 is 0 Å². The number of hydrogen-bond acceptors (Lipinski definition) is 3. The van der Waals surface area contributed by atoms with Crippen molar-refractivity contribution in [2.24, 2.45) is 0 Å². The molecule has 0 unspecified atom stereocenters. The first-order valence-electron chi connectivity index (χ1n) is 9.75. The second-order valence-electron chi connectivity index (χ2n) is 7.51. The lowest BCUT2D eigenvalue weighted by Crippen LogP contribution is -2.43. The average Bonchev–Trinajstić information content (AvgIpc) is 2.68. The number of rotatable bonds is 4. The first-order chi connectivity index (χ1) is 13.1. The number of amides is 3. The molecule has 5 heteroatoms. The Bertz CT molecular complexity index is 870. The Morgan fingerprint density at radius 1 is 1.04 bits per heavy atom. The Balaban J connectivity index is 1.47. The van der Waals surface area contributed by atoms with E-state index in [0.717, 1.165) is 30.2 Å². The molecule has 2 aromatic rings. The zero-order valence-corrected chi connectivity index (χ0v) is 15.6. The highest BCUT2D eigenvalue weighted by Gasteiger charge is 2.32. The third-order valence-corrected chi connectivity index (χ3v) is 5.75. The lowest BCUT2D eigenvalue weighted by molar-refractivity contribution is -0.134. The first kappa shape index (κ1) is 17.7. The third kappa shape index (κ3) is 3.11. The summed E-state index contributed by atoms with van der Waals surface area (Å²) in [4.78, 5) is 41.4. The van der Waals surface area contributed by atoms with Crippen molar-refractivity contribution < 1.29 is 14.4 Å². The van der Waals surface area contributed by atoms with Crippen molar-refractivity contribution in [1.82, 2.24) is 9.80 Å². The van der Waals surface area contributed by atoms with E-state index in [4.69, 9.17) is 0 Å². The number of piperidine rings is 1. The monoisotopic (exact) mass is 364 g/mol. The topological polar surface area (TPSA) is 57.7 Å². The molecule has 4 rings (SSSR count). The Morgan fingerprint density at radius 3 is 2.33 bits per heavy atom. The number of carbonyl (C=O) groups is 3. The number of carbonyl (C=O) groups excluding carboxylic acids is 3. The quantitative estimate of drug-likeness (QED) is 0.779. The van der Waals surface area contributed by atoms with Crippen LogP contribution in [0.5, 0.6) is 0 Å². The van der Waals surface area contributed by atoms with Gasteiger partial charge in [0.1, 0.15) is 0 Å². The van der Waals surface area contributed by atoms with E-state index >= 15 is 0 Å². The van der Waals surface area contributed by atoms with Gasteiger partial charge in [0, 0.05) is 42.1 Å². The van der Waals surface area contributed by atoms with Crippen LogP contribution in [0, 0.1) is 0 Å². The van der Waals surface area contributed by atoms with Crippen LogP contribution in [0.25, 0.3) is 10.8 Å². The van der Waals surface area contributed by atoms with Crippen molar-refractivity contribution in [3.05, 3.63) is 47.5 Å². The maximum Gasteiger partial charge on any atom is 0.261 e. The molecule has 0 aromatic heterocycles. The fraction of sp³-hybridized carbons (Fsp3) is 0.409. The Labute approximate surface area is 158 Å². The van der Waals surface area contributed by atoms with E-state index < -0.39 is 0 Å². The zero-order chi connectivity index (χ0) is 19.0. The summed E-state index contributed by atoms with van der Waals surface area (Å²) in [6.45, 7) is 3.18. The van der Waals surface area contributed by atoms with Crippen molar-refractivity contribution in [3.63, 3.8) is 0 Å². The van der Waals surface area contributed by atoms with Gasteiger partial charge < -0.3 is 4.90 Å². The second-order valence-corrected chi connectivity index (χ2v) is 7.51. The van der Waals surface area contributed by atoms with Crippen LogP contribution in [-0.4, -0.2) is 46.7 Å². The average molecular weight is 364 g/mol. The predicted octanol–water partition coefficient (Wildman–Crippen LogP) is 3.62. The Kier molecular flexibility index (Phi) is 4.68. The lowest BCUT2D eigenvalue weighted by Gasteiger charge is -2.33. The molecule has 0 saturated carbocycles. The van der Waals surface area contributed by atoms with Crippen molar-refractivity contribution in [2.45, 2.75) is 45.1 Å². The number of imide groups is 1. The van der Waals surface area contributed by atoms with Crippen LogP contribution >= 0.6 is 0 Å². The van der Waals surface area contributed by atoms with Gasteiger partial charge in [-0.05, 0) is 50.1 Å². The second kappa shape index (κ2) is 7.14. The number of nitrogens with zero attached hydrogens (tertiary/aromatic N) is 2. The minimum Gasteiger partial charge on any atom is -0.340 e. The van der Waals surface area contributed by atoms with Gasteiger partial charge in [0.05, 0.1) is 0 Å². The van der Waals surface area contributed by atoms with Crippen LogP contribution in [0.3, 0.4) is 0 Å². The van der Waals surface area contributed by atoms with Crippen molar-refractivity contribution >= 4 is 28.5 Å². The van der Waals surface area contributed by atoms with E-state index in [0.29, 0.717) is 24.0 Å². The molecule has 2 aliphatic heterocycles. The molecule has 2 heterocycles. The fourth-order valence-electron chi connectivity index (χ4n) is 4.28. The summed E-state index contributed by atoms with van der Waals surface area (Å²) < 4.78 is 0. The Morgan fingerprint density at radius 2 is 1.70 bits per heavy atom. The standard InChI is InChI=1S/C22H24N2O3/c1-15-7-2-3-13-23(15)19(25)12-6-14-24-21(26)17-10-4-8-16-9-5-11-18(20(16)17)22(24)27/h4-5,8-11,15H,2-3,6-7,12-14H2,1H3/t15-/m0/s1. The number of benzene rings is 2. The van der Waals surface area contributed by atoms with Crippen molar-refractivity contribution in [3.8, 4) is 0 Å². The van der Waals surface area contributed by atoms with E-state index in [9.17, 15) is 14.4 Å². The van der Waals surface area contributed by atoms with Gasteiger partial charge in [0.2, 0.25) is 5.91 Å². The molecule has 1 fully saturated rings. The van der Waals surface area contributed by atoms with E-state index in [2.05, 4.69) is 6.92 Å². The smallest absolute Gasteiger partial charge is 0.261 e. The van der Waals surface area contributed by atoms with E-state index in [-0.39, 0.29) is 30.3 Å². The summed E-state index contributed by atoms with van der Waals surface area (Å²) in [6.07, 6.45) is 4.15. The van der Waals surface area contributed by atoms with Crippen LogP contribution < -0.4 is 0 Å². The number of likely N-dealkylation sites (tertiary alicyclic amines) is 1. The predicted molar refractivity (Wildman–Crippen MR) is 104 cm³/mol. The van der Waals surface area contributed by atoms with Crippen LogP contribution in [0.1, 0.15) is 59.7 Å². The molecule has 0 aliphatic carbocycles. The Hall–Kier alpha value is -2.69. The van der Waals surface area contributed by atoms with Crippen molar-refractivity contribution in [2.75, 3.05) is 13.1 Å². The summed E-state index contributed by atoms with van der Waals surface area (Å²) in [5.41, 5.74) is 1.14. The van der Waals surface area contributed by atoms with E-state index in [1.54, 1.807) is 12.1 Å². The van der Waals surface area contributed by atoms with Crippen molar-refractivity contribution in [1.29, 1.82) is 0 Å². The molecule has 5 nitrogen and oxygen atoms in total. The molecule has 0 spiro atoms. The highest BCUT2D eigenvalue weighted by molar-refractivity contribution is 6.25. The highest BCUT2D eigenvalue weighted by atomic mass is 16.2. The zero-order valence-electron chi connectivity index (χ0n) is 15.6. The minimum absolute atomic E-state index is 0.126. The summed E-state index contributed by atoms with van der Waals surface area (Å²) in [5.74, 6) is -0.396. The molecule has 27 heavy (non-hydrogen) atoms. The van der Waals surface area contributed by atoms with Crippen LogP contribution in [0.4, 0.5) is 0 Å². The summed E-state index contributed by atoms with van der Waals surface area (Å²) in [7, 11) is 0. The first-order valence-corrected chi connectivity index (χ1v) is 9.75. The molecule has 140 valence electrons. The minimum atomic E-state index is -0.261. The fourth-order valence-corrected chi connectivity index (χ4v) is 4.28. The molecule has 0 radical (unpaired) electrons. The van der Waals surface area contributed by atoms with E-state index in [1.165, 1.54) is 11.3 Å². The molecular weight excluding hydrogens is 340 g/mol. The molecule has 3 amide bonds. The van der Waals surface area contributed by atoms with Crippen LogP contribution in [0.15, 0.2) is 36.4 Å². The summed E-state index contributed by atoms with van der Waals surface area (Å²) in [5, 5.41) is 1.64. The van der Waals surface area contributed by atoms with Gasteiger partial charge in [-0.2, -0.15) is 0 Å². The molecule has 0 bridgehead atoms. The normalized spacial score (nSPS) is 19.7. The van der Waals surface area contributed by atoms with Crippen LogP contribution in [0.2, 0.25) is 0 Å². The SMILES string of the molecule is C[C@H]1CCCCN1C(=O)CCCN1C(=O)c2cccc3cccc(c23)C1=O. The highest BCUT2D eigenvalue weighted by Crippen LogP contribution is 2.30. The van der Waals surface area contributed by atoms with Gasteiger partial charge in [-0.3, -0.25) is 19.3 Å². The molecular formula is C22H24N2O3.